The molecule has 0 bridgehead atoms. The molecule has 2 saturated heterocycles. The fourth-order valence-corrected chi connectivity index (χ4v) is 3.81. The van der Waals surface area contributed by atoms with E-state index in [-0.39, 0.29) is 16.6 Å². The summed E-state index contributed by atoms with van der Waals surface area (Å²) in [6.45, 7) is 10.2. The topological polar surface area (TPSA) is 31.0 Å². The number of hydrogen-bond acceptors (Lipinski definition) is 3. The Hall–Kier alpha value is -0.380. The summed E-state index contributed by atoms with van der Waals surface area (Å²) in [4.78, 5) is 0. The van der Waals surface area contributed by atoms with Crippen LogP contribution >= 0.6 is 0 Å². The zero-order chi connectivity index (χ0) is 13.1. The first-order chi connectivity index (χ1) is 8.33. The standard InChI is InChI=1S/C15H24O3/c1-12(2)6-5-7-13(3)15(12,18-13)9-8-14(4)16-10-11-17-14/h8-9H,5-7,10-11H2,1-4H3/b9-8+. The first kappa shape index (κ1) is 12.6. The molecule has 0 aromatic carbocycles. The molecule has 0 spiro atoms. The summed E-state index contributed by atoms with van der Waals surface area (Å²) < 4.78 is 17.4. The molecule has 0 radical (unpaired) electrons. The van der Waals surface area contributed by atoms with Gasteiger partial charge in [-0.1, -0.05) is 13.8 Å². The molecule has 0 aromatic rings. The van der Waals surface area contributed by atoms with Gasteiger partial charge in [-0.3, -0.25) is 0 Å². The fraction of sp³-hybridized carbons (Fsp3) is 0.867. The van der Waals surface area contributed by atoms with Gasteiger partial charge >= 0.3 is 0 Å². The molecule has 3 heteroatoms. The van der Waals surface area contributed by atoms with E-state index in [9.17, 15) is 0 Å². The van der Waals surface area contributed by atoms with Crippen molar-refractivity contribution in [1.29, 1.82) is 0 Å². The SMILES string of the molecule is CC1(/C=C/C23OC2(C)CCCC3(C)C)OCCO1. The third kappa shape index (κ3) is 1.60. The number of fused-ring (bicyclic) bond motifs is 1. The molecule has 102 valence electrons. The monoisotopic (exact) mass is 252 g/mol. The normalized spacial score (nSPS) is 45.1. The van der Waals surface area contributed by atoms with Gasteiger partial charge in [-0.25, -0.2) is 0 Å². The van der Waals surface area contributed by atoms with Crippen molar-refractivity contribution in [3.8, 4) is 0 Å². The van der Waals surface area contributed by atoms with Crippen LogP contribution in [0.15, 0.2) is 12.2 Å². The second-order valence-corrected chi connectivity index (χ2v) is 6.85. The molecule has 0 aromatic heterocycles. The van der Waals surface area contributed by atoms with Gasteiger partial charge in [0.25, 0.3) is 0 Å². The summed E-state index contributed by atoms with van der Waals surface area (Å²) in [6.07, 6.45) is 7.88. The minimum absolute atomic E-state index is 0.0141. The van der Waals surface area contributed by atoms with Gasteiger partial charge < -0.3 is 14.2 Å². The van der Waals surface area contributed by atoms with Gasteiger partial charge in [-0.2, -0.15) is 0 Å². The van der Waals surface area contributed by atoms with Crippen LogP contribution in [0.5, 0.6) is 0 Å². The lowest BCUT2D eigenvalue weighted by molar-refractivity contribution is -0.100. The Balaban J connectivity index is 1.85. The van der Waals surface area contributed by atoms with E-state index in [2.05, 4.69) is 32.9 Å². The molecule has 1 aliphatic carbocycles. The van der Waals surface area contributed by atoms with Crippen LogP contribution in [0.3, 0.4) is 0 Å². The maximum atomic E-state index is 6.18. The average Bonchev–Trinajstić information content (AvgIpc) is 2.69. The lowest BCUT2D eigenvalue weighted by Gasteiger charge is -2.37. The number of epoxide rings is 1. The number of hydrogen-bond donors (Lipinski definition) is 0. The molecular weight excluding hydrogens is 228 g/mol. The highest BCUT2D eigenvalue weighted by molar-refractivity contribution is 5.31. The van der Waals surface area contributed by atoms with Gasteiger partial charge in [-0.05, 0) is 45.3 Å². The van der Waals surface area contributed by atoms with Crippen LogP contribution in [-0.2, 0) is 14.2 Å². The highest BCUT2D eigenvalue weighted by atomic mass is 16.7. The highest BCUT2D eigenvalue weighted by Crippen LogP contribution is 2.66. The number of rotatable bonds is 2. The van der Waals surface area contributed by atoms with E-state index in [1.807, 2.05) is 6.92 Å². The molecule has 0 amide bonds. The lowest BCUT2D eigenvalue weighted by Crippen LogP contribution is -2.41. The van der Waals surface area contributed by atoms with Crippen LogP contribution in [0, 0.1) is 5.41 Å². The predicted molar refractivity (Wildman–Crippen MR) is 69.3 cm³/mol. The van der Waals surface area contributed by atoms with Crippen molar-refractivity contribution in [1.82, 2.24) is 0 Å². The first-order valence-electron chi connectivity index (χ1n) is 7.01. The third-order valence-corrected chi connectivity index (χ3v) is 5.07. The molecular formula is C15H24O3. The van der Waals surface area contributed by atoms with Crippen molar-refractivity contribution >= 4 is 0 Å². The van der Waals surface area contributed by atoms with Crippen LogP contribution < -0.4 is 0 Å². The fourth-order valence-electron chi connectivity index (χ4n) is 3.81. The Labute approximate surface area is 109 Å². The molecule has 2 heterocycles. The van der Waals surface area contributed by atoms with Crippen LogP contribution in [-0.4, -0.2) is 30.2 Å². The van der Waals surface area contributed by atoms with Gasteiger partial charge in [-0.15, -0.1) is 0 Å². The van der Waals surface area contributed by atoms with E-state index in [1.54, 1.807) is 0 Å². The maximum absolute atomic E-state index is 6.18. The molecule has 0 N–H and O–H groups in total. The quantitative estimate of drug-likeness (QED) is 0.559. The van der Waals surface area contributed by atoms with Crippen molar-refractivity contribution < 1.29 is 14.2 Å². The predicted octanol–water partition coefficient (Wildman–Crippen LogP) is 3.04. The smallest absolute Gasteiger partial charge is 0.185 e. The summed E-state index contributed by atoms with van der Waals surface area (Å²) >= 11 is 0. The molecule has 2 unspecified atom stereocenters. The Morgan fingerprint density at radius 2 is 1.56 bits per heavy atom. The molecule has 3 nitrogen and oxygen atoms in total. The van der Waals surface area contributed by atoms with Gasteiger partial charge in [0.15, 0.2) is 5.79 Å². The minimum Gasteiger partial charge on any atom is -0.358 e. The minimum atomic E-state index is -0.560. The maximum Gasteiger partial charge on any atom is 0.185 e. The van der Waals surface area contributed by atoms with Crippen LogP contribution in [0.2, 0.25) is 0 Å². The second-order valence-electron chi connectivity index (χ2n) is 6.85. The van der Waals surface area contributed by atoms with Crippen LogP contribution in [0.1, 0.15) is 47.0 Å². The third-order valence-electron chi connectivity index (χ3n) is 5.07. The lowest BCUT2D eigenvalue weighted by atomic mass is 9.64. The van der Waals surface area contributed by atoms with Crippen molar-refractivity contribution in [2.24, 2.45) is 5.41 Å². The van der Waals surface area contributed by atoms with Crippen molar-refractivity contribution in [3.05, 3.63) is 12.2 Å². The van der Waals surface area contributed by atoms with Gasteiger partial charge in [0, 0.05) is 5.41 Å². The summed E-state index contributed by atoms with van der Waals surface area (Å²) in [7, 11) is 0. The summed E-state index contributed by atoms with van der Waals surface area (Å²) in [5.41, 5.74) is 0.0717. The Morgan fingerprint density at radius 3 is 2.17 bits per heavy atom. The van der Waals surface area contributed by atoms with Gasteiger partial charge in [0.05, 0.1) is 18.8 Å². The zero-order valence-corrected chi connectivity index (χ0v) is 11.9. The summed E-state index contributed by atoms with van der Waals surface area (Å²) in [5, 5.41) is 0. The van der Waals surface area contributed by atoms with Crippen LogP contribution in [0.25, 0.3) is 0 Å². The van der Waals surface area contributed by atoms with E-state index >= 15 is 0 Å². The van der Waals surface area contributed by atoms with Crippen molar-refractivity contribution in [2.75, 3.05) is 13.2 Å². The van der Waals surface area contributed by atoms with Gasteiger partial charge in [0.2, 0.25) is 0 Å². The Kier molecular flexibility index (Phi) is 2.52. The molecule has 3 fully saturated rings. The molecule has 18 heavy (non-hydrogen) atoms. The summed E-state index contributed by atoms with van der Waals surface area (Å²) in [5.74, 6) is -0.560. The molecule has 3 aliphatic rings. The average molecular weight is 252 g/mol. The molecule has 2 aliphatic heterocycles. The van der Waals surface area contributed by atoms with E-state index in [0.717, 1.165) is 6.42 Å². The Bertz CT molecular complexity index is 381. The second kappa shape index (κ2) is 3.59. The van der Waals surface area contributed by atoms with E-state index in [0.29, 0.717) is 13.2 Å². The molecule has 2 atom stereocenters. The first-order valence-corrected chi connectivity index (χ1v) is 7.01. The van der Waals surface area contributed by atoms with E-state index in [1.165, 1.54) is 12.8 Å². The van der Waals surface area contributed by atoms with E-state index < -0.39 is 5.79 Å². The zero-order valence-electron chi connectivity index (χ0n) is 11.9. The molecule has 1 saturated carbocycles. The van der Waals surface area contributed by atoms with Crippen molar-refractivity contribution in [3.63, 3.8) is 0 Å². The Morgan fingerprint density at radius 1 is 0.889 bits per heavy atom. The van der Waals surface area contributed by atoms with E-state index in [4.69, 9.17) is 14.2 Å². The largest absolute Gasteiger partial charge is 0.358 e. The highest BCUT2D eigenvalue weighted by Gasteiger charge is 2.73. The van der Waals surface area contributed by atoms with Crippen LogP contribution in [0.4, 0.5) is 0 Å². The number of ether oxygens (including phenoxy) is 3. The van der Waals surface area contributed by atoms with Crippen molar-refractivity contribution in [2.45, 2.75) is 63.9 Å². The van der Waals surface area contributed by atoms with Gasteiger partial charge in [0.1, 0.15) is 5.60 Å². The summed E-state index contributed by atoms with van der Waals surface area (Å²) in [6, 6.07) is 0. The molecule has 3 rings (SSSR count).